The van der Waals surface area contributed by atoms with Gasteiger partial charge in [-0.3, -0.25) is 9.79 Å². The summed E-state index contributed by atoms with van der Waals surface area (Å²) in [6.07, 6.45) is 9.40. The average molecular weight is 413 g/mol. The second kappa shape index (κ2) is 11.4. The van der Waals surface area contributed by atoms with Gasteiger partial charge in [-0.15, -0.1) is 0 Å². The number of hydrogen-bond acceptors (Lipinski definition) is 5. The summed E-state index contributed by atoms with van der Waals surface area (Å²) in [4.78, 5) is 15.9. The topological polar surface area (TPSA) is 103 Å². The van der Waals surface area contributed by atoms with E-state index in [4.69, 9.17) is 16.2 Å². The van der Waals surface area contributed by atoms with Crippen LogP contribution >= 0.6 is 0 Å². The molecule has 1 fully saturated rings. The van der Waals surface area contributed by atoms with E-state index >= 15 is 0 Å². The molecule has 1 aliphatic carbocycles. The van der Waals surface area contributed by atoms with Crippen molar-refractivity contribution in [3.05, 3.63) is 40.6 Å². The standard InChI is InChI=1S/C17H22N4O2.C7H14/c1-4-23-13-6-5-11-7-12(9-21-14(11)8-13)16(20-3)15(10(2)18)17(19)22;1-2-3-4-7-5-6-7/h5-8,21H,4,9,18H2,1-3H3,(H2,19,22);7H,2-6H2,1H3/b15-10-,20-16?;. The predicted molar refractivity (Wildman–Crippen MR) is 126 cm³/mol. The minimum atomic E-state index is -0.580. The van der Waals surface area contributed by atoms with Crippen LogP contribution in [0.2, 0.25) is 0 Å². The number of hydrogen-bond donors (Lipinski definition) is 3. The summed E-state index contributed by atoms with van der Waals surface area (Å²) < 4.78 is 5.50. The number of fused-ring (bicyclic) bond motifs is 1. The number of nitrogens with zero attached hydrogens (tertiary/aromatic N) is 1. The van der Waals surface area contributed by atoms with Gasteiger partial charge in [-0.05, 0) is 49.1 Å². The van der Waals surface area contributed by atoms with Gasteiger partial charge < -0.3 is 21.5 Å². The van der Waals surface area contributed by atoms with Crippen LogP contribution in [0.5, 0.6) is 5.75 Å². The number of unbranched alkanes of at least 4 members (excludes halogenated alkanes) is 1. The van der Waals surface area contributed by atoms with E-state index in [0.717, 1.165) is 28.5 Å². The maximum absolute atomic E-state index is 11.7. The molecular formula is C24H36N4O2. The molecule has 6 heteroatoms. The van der Waals surface area contributed by atoms with Crippen LogP contribution in [-0.2, 0) is 4.79 Å². The van der Waals surface area contributed by atoms with Crippen LogP contribution in [0.3, 0.4) is 0 Å². The van der Waals surface area contributed by atoms with Gasteiger partial charge in [-0.25, -0.2) is 0 Å². The summed E-state index contributed by atoms with van der Waals surface area (Å²) >= 11 is 0. The highest BCUT2D eigenvalue weighted by molar-refractivity contribution is 6.29. The fourth-order valence-electron chi connectivity index (χ4n) is 3.47. The van der Waals surface area contributed by atoms with Crippen molar-refractivity contribution in [3.8, 4) is 5.75 Å². The molecule has 1 aliphatic heterocycles. The van der Waals surface area contributed by atoms with Crippen LogP contribution in [0.25, 0.3) is 6.08 Å². The van der Waals surface area contributed by atoms with Crippen molar-refractivity contribution >= 4 is 23.4 Å². The maximum Gasteiger partial charge on any atom is 0.252 e. The smallest absolute Gasteiger partial charge is 0.252 e. The number of rotatable bonds is 8. The molecule has 1 heterocycles. The number of nitrogens with one attached hydrogen (secondary N) is 1. The van der Waals surface area contributed by atoms with E-state index in [2.05, 4.69) is 17.2 Å². The Morgan fingerprint density at radius 2 is 2.00 bits per heavy atom. The molecular weight excluding hydrogens is 376 g/mol. The predicted octanol–water partition coefficient (Wildman–Crippen LogP) is 4.27. The van der Waals surface area contributed by atoms with Gasteiger partial charge in [0.2, 0.25) is 0 Å². The maximum atomic E-state index is 11.7. The van der Waals surface area contributed by atoms with Crippen molar-refractivity contribution in [1.82, 2.24) is 0 Å². The zero-order valence-corrected chi connectivity index (χ0v) is 18.8. The highest BCUT2D eigenvalue weighted by atomic mass is 16.5. The van der Waals surface area contributed by atoms with Gasteiger partial charge in [0.1, 0.15) is 5.75 Å². The number of amides is 1. The quantitative estimate of drug-likeness (QED) is 0.438. The normalized spacial score (nSPS) is 16.3. The van der Waals surface area contributed by atoms with Crippen LogP contribution in [-0.4, -0.2) is 31.8 Å². The Morgan fingerprint density at radius 1 is 1.27 bits per heavy atom. The lowest BCUT2D eigenvalue weighted by Crippen LogP contribution is -2.28. The molecule has 0 saturated heterocycles. The number of nitrogens with two attached hydrogens (primary N) is 2. The second-order valence-corrected chi connectivity index (χ2v) is 7.79. The van der Waals surface area contributed by atoms with Gasteiger partial charge >= 0.3 is 0 Å². The number of allylic oxidation sites excluding steroid dienone is 1. The van der Waals surface area contributed by atoms with E-state index in [1.807, 2.05) is 31.2 Å². The fraction of sp³-hybridized carbons (Fsp3) is 0.500. The summed E-state index contributed by atoms with van der Waals surface area (Å²) in [6, 6.07) is 5.82. The van der Waals surface area contributed by atoms with Gasteiger partial charge in [0, 0.05) is 31.0 Å². The summed E-state index contributed by atoms with van der Waals surface area (Å²) in [5.74, 6) is 1.39. The first-order chi connectivity index (χ1) is 14.4. The first-order valence-corrected chi connectivity index (χ1v) is 10.9. The Hall–Kier alpha value is -2.76. The third-order valence-electron chi connectivity index (χ3n) is 5.20. The Balaban J connectivity index is 0.000000386. The molecule has 0 unspecified atom stereocenters. The molecule has 6 nitrogen and oxygen atoms in total. The first kappa shape index (κ1) is 23.5. The molecule has 1 amide bonds. The summed E-state index contributed by atoms with van der Waals surface area (Å²) in [6.45, 7) is 7.00. The Morgan fingerprint density at radius 3 is 2.53 bits per heavy atom. The number of carbonyl (C=O) groups is 1. The van der Waals surface area contributed by atoms with Gasteiger partial charge in [0.15, 0.2) is 0 Å². The number of benzene rings is 1. The van der Waals surface area contributed by atoms with Crippen molar-refractivity contribution in [1.29, 1.82) is 0 Å². The molecule has 30 heavy (non-hydrogen) atoms. The summed E-state index contributed by atoms with van der Waals surface area (Å²) in [5, 5.41) is 3.31. The summed E-state index contributed by atoms with van der Waals surface area (Å²) in [5.41, 5.74) is 15.2. The molecule has 164 valence electrons. The Kier molecular flexibility index (Phi) is 8.96. The molecule has 0 spiro atoms. The molecule has 0 radical (unpaired) electrons. The molecule has 3 rings (SSSR count). The zero-order chi connectivity index (χ0) is 22.1. The van der Waals surface area contributed by atoms with Crippen molar-refractivity contribution in [2.45, 2.75) is 52.9 Å². The van der Waals surface area contributed by atoms with E-state index in [9.17, 15) is 4.79 Å². The molecule has 1 aromatic rings. The van der Waals surface area contributed by atoms with Gasteiger partial charge in [-0.1, -0.05) is 39.0 Å². The highest BCUT2D eigenvalue weighted by Crippen LogP contribution is 2.33. The van der Waals surface area contributed by atoms with Gasteiger partial charge in [0.25, 0.3) is 5.91 Å². The first-order valence-electron chi connectivity index (χ1n) is 10.9. The monoisotopic (exact) mass is 412 g/mol. The highest BCUT2D eigenvalue weighted by Gasteiger charge is 2.22. The number of anilines is 1. The zero-order valence-electron chi connectivity index (χ0n) is 18.8. The number of primary amides is 1. The van der Waals surface area contributed by atoms with Crippen molar-refractivity contribution in [2.75, 3.05) is 25.5 Å². The third-order valence-corrected chi connectivity index (χ3v) is 5.20. The van der Waals surface area contributed by atoms with Crippen LogP contribution in [0.4, 0.5) is 5.69 Å². The van der Waals surface area contributed by atoms with E-state index in [1.165, 1.54) is 32.1 Å². The lowest BCUT2D eigenvalue weighted by molar-refractivity contribution is -0.114. The minimum absolute atomic E-state index is 0.259. The van der Waals surface area contributed by atoms with Gasteiger partial charge in [-0.2, -0.15) is 0 Å². The minimum Gasteiger partial charge on any atom is -0.494 e. The number of ether oxygens (including phenoxy) is 1. The Labute approximate surface area is 180 Å². The fourth-order valence-corrected chi connectivity index (χ4v) is 3.47. The number of aliphatic imine (C=N–C) groups is 1. The van der Waals surface area contributed by atoms with Crippen LogP contribution in [0.15, 0.2) is 40.0 Å². The van der Waals surface area contributed by atoms with Crippen LogP contribution in [0.1, 0.15) is 58.4 Å². The summed E-state index contributed by atoms with van der Waals surface area (Å²) in [7, 11) is 1.62. The largest absolute Gasteiger partial charge is 0.494 e. The van der Waals surface area contributed by atoms with E-state index in [0.29, 0.717) is 24.6 Å². The van der Waals surface area contributed by atoms with Gasteiger partial charge in [0.05, 0.1) is 17.9 Å². The Bertz CT molecular complexity index is 832. The molecule has 0 atom stereocenters. The van der Waals surface area contributed by atoms with E-state index in [1.54, 1.807) is 14.0 Å². The second-order valence-electron chi connectivity index (χ2n) is 7.79. The van der Waals surface area contributed by atoms with Crippen molar-refractivity contribution in [2.24, 2.45) is 22.4 Å². The average Bonchev–Trinajstić information content (AvgIpc) is 3.54. The molecule has 1 aromatic carbocycles. The van der Waals surface area contributed by atoms with Crippen LogP contribution < -0.4 is 21.5 Å². The number of carbonyl (C=O) groups excluding carboxylic acids is 1. The molecule has 5 N–H and O–H groups in total. The SMILES string of the molecule is CCCCC1CC1.CCOc1ccc2c(c1)NCC(C(=NC)/C(C(N)=O)=C(\C)N)=C2. The molecule has 2 aliphatic rings. The van der Waals surface area contributed by atoms with Crippen molar-refractivity contribution in [3.63, 3.8) is 0 Å². The lowest BCUT2D eigenvalue weighted by atomic mass is 9.95. The molecule has 0 aromatic heterocycles. The van der Waals surface area contributed by atoms with E-state index < -0.39 is 5.91 Å². The van der Waals surface area contributed by atoms with Crippen LogP contribution in [0, 0.1) is 5.92 Å². The van der Waals surface area contributed by atoms with Crippen molar-refractivity contribution < 1.29 is 9.53 Å². The molecule has 1 saturated carbocycles. The van der Waals surface area contributed by atoms with E-state index in [-0.39, 0.29) is 5.57 Å². The lowest BCUT2D eigenvalue weighted by Gasteiger charge is -2.21. The molecule has 0 bridgehead atoms. The third kappa shape index (κ3) is 6.65.